The number of alkyl halides is 2. The highest BCUT2D eigenvalue weighted by Gasteiger charge is 2.20. The minimum absolute atomic E-state index is 0.477. The zero-order chi connectivity index (χ0) is 8.04. The van der Waals surface area contributed by atoms with Gasteiger partial charge < -0.3 is 0 Å². The summed E-state index contributed by atoms with van der Waals surface area (Å²) in [4.78, 5) is 0. The van der Waals surface area contributed by atoms with Crippen molar-refractivity contribution in [2.45, 2.75) is 35.8 Å². The highest BCUT2D eigenvalue weighted by molar-refractivity contribution is 9.25. The van der Waals surface area contributed by atoms with E-state index in [-0.39, 0.29) is 0 Å². The predicted molar refractivity (Wildman–Crippen MR) is 50.3 cm³/mol. The lowest BCUT2D eigenvalue weighted by atomic mass is 10.2. The van der Waals surface area contributed by atoms with Crippen LogP contribution in [0.2, 0.25) is 0 Å². The quantitative estimate of drug-likeness (QED) is 0.565. The second-order valence-electron chi connectivity index (χ2n) is 2.27. The molecule has 0 spiro atoms. The van der Waals surface area contributed by atoms with Crippen LogP contribution in [-0.4, -0.2) is 3.23 Å². The molecule has 0 unspecified atom stereocenters. The maximum absolute atomic E-state index is 8.55. The molecule has 0 aromatic rings. The molecule has 0 aromatic carbocycles. The molecule has 0 heterocycles. The summed E-state index contributed by atoms with van der Waals surface area (Å²) in [5, 5.41) is 8.55. The van der Waals surface area contributed by atoms with E-state index in [1.165, 1.54) is 12.8 Å². The van der Waals surface area contributed by atoms with Gasteiger partial charge in [0.25, 0.3) is 0 Å². The molecule has 0 aliphatic heterocycles. The Kier molecular flexibility index (Phi) is 5.38. The molecule has 0 bridgehead atoms. The van der Waals surface area contributed by atoms with Crippen LogP contribution in [0.4, 0.5) is 0 Å². The number of nitriles is 1. The molecule has 0 N–H and O–H groups in total. The maximum Gasteiger partial charge on any atom is 0.166 e. The van der Waals surface area contributed by atoms with Crippen molar-refractivity contribution in [3.8, 4) is 6.07 Å². The van der Waals surface area contributed by atoms with Gasteiger partial charge in [-0.1, -0.05) is 58.0 Å². The zero-order valence-electron chi connectivity index (χ0n) is 6.03. The number of hydrogen-bond acceptors (Lipinski definition) is 1. The SMILES string of the molecule is CCCCCC(Br)(Br)C#N. The van der Waals surface area contributed by atoms with Crippen molar-refractivity contribution in [3.05, 3.63) is 0 Å². The summed E-state index contributed by atoms with van der Waals surface area (Å²) >= 11 is 6.53. The van der Waals surface area contributed by atoms with Crippen molar-refractivity contribution in [2.24, 2.45) is 0 Å². The zero-order valence-corrected chi connectivity index (χ0v) is 9.20. The van der Waals surface area contributed by atoms with Gasteiger partial charge in [-0.05, 0) is 6.42 Å². The second kappa shape index (κ2) is 5.15. The van der Waals surface area contributed by atoms with E-state index in [9.17, 15) is 0 Å². The van der Waals surface area contributed by atoms with Gasteiger partial charge in [-0.3, -0.25) is 0 Å². The van der Waals surface area contributed by atoms with Gasteiger partial charge >= 0.3 is 0 Å². The summed E-state index contributed by atoms with van der Waals surface area (Å²) in [6.45, 7) is 2.15. The van der Waals surface area contributed by atoms with E-state index in [0.29, 0.717) is 0 Å². The third-order valence-corrected chi connectivity index (χ3v) is 2.41. The van der Waals surface area contributed by atoms with Crippen molar-refractivity contribution < 1.29 is 0 Å². The number of halogens is 2. The highest BCUT2D eigenvalue weighted by atomic mass is 79.9. The predicted octanol–water partition coefficient (Wildman–Crippen LogP) is 3.58. The van der Waals surface area contributed by atoms with Gasteiger partial charge in [0.05, 0.1) is 6.07 Å². The van der Waals surface area contributed by atoms with E-state index >= 15 is 0 Å². The van der Waals surface area contributed by atoms with E-state index in [0.717, 1.165) is 12.8 Å². The second-order valence-corrected chi connectivity index (χ2v) is 6.04. The Bertz CT molecular complexity index is 126. The Morgan fingerprint density at radius 2 is 2.00 bits per heavy atom. The fourth-order valence-corrected chi connectivity index (χ4v) is 1.21. The maximum atomic E-state index is 8.55. The first-order valence-corrected chi connectivity index (χ1v) is 5.00. The number of hydrogen-bond donors (Lipinski definition) is 0. The first-order chi connectivity index (χ1) is 4.62. The summed E-state index contributed by atoms with van der Waals surface area (Å²) in [6, 6.07) is 2.13. The first kappa shape index (κ1) is 10.4. The summed E-state index contributed by atoms with van der Waals surface area (Å²) < 4.78 is -0.477. The molecule has 3 heteroatoms. The van der Waals surface area contributed by atoms with E-state index in [4.69, 9.17) is 5.26 Å². The Hall–Kier alpha value is 0.450. The molecule has 1 nitrogen and oxygen atoms in total. The average Bonchev–Trinajstić information content (AvgIpc) is 1.89. The summed E-state index contributed by atoms with van der Waals surface area (Å²) in [6.07, 6.45) is 4.36. The third kappa shape index (κ3) is 5.25. The summed E-state index contributed by atoms with van der Waals surface area (Å²) in [5.74, 6) is 0. The molecule has 0 saturated carbocycles. The van der Waals surface area contributed by atoms with Crippen LogP contribution in [0, 0.1) is 11.3 Å². The van der Waals surface area contributed by atoms with Crippen molar-refractivity contribution in [1.29, 1.82) is 5.26 Å². The summed E-state index contributed by atoms with van der Waals surface area (Å²) in [7, 11) is 0. The smallest absolute Gasteiger partial charge is 0.166 e. The standard InChI is InChI=1S/C7H11Br2N/c1-2-3-4-5-7(8,9)6-10/h2-5H2,1H3. The van der Waals surface area contributed by atoms with Crippen molar-refractivity contribution in [3.63, 3.8) is 0 Å². The van der Waals surface area contributed by atoms with Crippen LogP contribution in [0.5, 0.6) is 0 Å². The molecule has 0 radical (unpaired) electrons. The minimum atomic E-state index is -0.477. The molecule has 0 amide bonds. The lowest BCUT2D eigenvalue weighted by Crippen LogP contribution is -2.06. The van der Waals surface area contributed by atoms with Gasteiger partial charge in [0.1, 0.15) is 0 Å². The Morgan fingerprint density at radius 3 is 2.40 bits per heavy atom. The first-order valence-electron chi connectivity index (χ1n) is 3.41. The Morgan fingerprint density at radius 1 is 1.40 bits per heavy atom. The van der Waals surface area contributed by atoms with Gasteiger partial charge in [-0.15, -0.1) is 0 Å². The van der Waals surface area contributed by atoms with Crippen LogP contribution in [-0.2, 0) is 0 Å². The normalized spacial score (nSPS) is 11.0. The van der Waals surface area contributed by atoms with Crippen LogP contribution in [0.25, 0.3) is 0 Å². The fraction of sp³-hybridized carbons (Fsp3) is 0.857. The molecule has 0 fully saturated rings. The summed E-state index contributed by atoms with van der Waals surface area (Å²) in [5.41, 5.74) is 0. The number of unbranched alkanes of at least 4 members (excludes halogenated alkanes) is 2. The topological polar surface area (TPSA) is 23.8 Å². The largest absolute Gasteiger partial charge is 0.196 e. The van der Waals surface area contributed by atoms with Crippen LogP contribution in [0.15, 0.2) is 0 Å². The molecule has 0 aliphatic rings. The molecule has 0 aliphatic carbocycles. The molecule has 10 heavy (non-hydrogen) atoms. The van der Waals surface area contributed by atoms with Gasteiger partial charge in [-0.25, -0.2) is 0 Å². The lowest BCUT2D eigenvalue weighted by molar-refractivity contribution is 0.676. The molecular weight excluding hydrogens is 258 g/mol. The molecule has 58 valence electrons. The lowest BCUT2D eigenvalue weighted by Gasteiger charge is -2.08. The monoisotopic (exact) mass is 267 g/mol. The third-order valence-electron chi connectivity index (χ3n) is 1.26. The number of nitrogens with zero attached hydrogens (tertiary/aromatic N) is 1. The van der Waals surface area contributed by atoms with Crippen molar-refractivity contribution in [2.75, 3.05) is 0 Å². The van der Waals surface area contributed by atoms with Gasteiger partial charge in [-0.2, -0.15) is 5.26 Å². The van der Waals surface area contributed by atoms with Gasteiger partial charge in [0.2, 0.25) is 0 Å². The molecule has 0 rings (SSSR count). The Balaban J connectivity index is 3.40. The van der Waals surface area contributed by atoms with Crippen molar-refractivity contribution >= 4 is 31.9 Å². The van der Waals surface area contributed by atoms with E-state index in [2.05, 4.69) is 44.9 Å². The van der Waals surface area contributed by atoms with Crippen LogP contribution >= 0.6 is 31.9 Å². The van der Waals surface area contributed by atoms with Crippen LogP contribution in [0.3, 0.4) is 0 Å². The van der Waals surface area contributed by atoms with Gasteiger partial charge in [0.15, 0.2) is 3.23 Å². The number of rotatable bonds is 4. The molecule has 0 saturated heterocycles. The molecule has 0 atom stereocenters. The average molecular weight is 269 g/mol. The minimum Gasteiger partial charge on any atom is -0.196 e. The van der Waals surface area contributed by atoms with E-state index in [1.54, 1.807) is 0 Å². The van der Waals surface area contributed by atoms with E-state index in [1.807, 2.05) is 0 Å². The fourth-order valence-electron chi connectivity index (χ4n) is 0.653. The van der Waals surface area contributed by atoms with Crippen LogP contribution in [0.1, 0.15) is 32.6 Å². The van der Waals surface area contributed by atoms with Crippen molar-refractivity contribution in [1.82, 2.24) is 0 Å². The highest BCUT2D eigenvalue weighted by Crippen LogP contribution is 2.31. The molecule has 0 aromatic heterocycles. The van der Waals surface area contributed by atoms with E-state index < -0.39 is 3.23 Å². The molecular formula is C7H11Br2N. The van der Waals surface area contributed by atoms with Crippen LogP contribution < -0.4 is 0 Å². The Labute approximate surface area is 79.1 Å². The van der Waals surface area contributed by atoms with Gasteiger partial charge in [0, 0.05) is 0 Å².